The number of para-hydroxylation sites is 2. The maximum absolute atomic E-state index is 13.4. The Morgan fingerprint density at radius 1 is 0.969 bits per heavy atom. The molecule has 0 aliphatic heterocycles. The minimum Gasteiger partial charge on any atom is -0.493 e. The smallest absolute Gasteiger partial charge is 0.276 e. The van der Waals surface area contributed by atoms with Crippen LogP contribution in [-0.2, 0) is 13.0 Å². The van der Waals surface area contributed by atoms with E-state index in [4.69, 9.17) is 14.5 Å². The van der Waals surface area contributed by atoms with Gasteiger partial charge in [-0.15, -0.1) is 11.3 Å². The molecule has 3 heterocycles. The summed E-state index contributed by atoms with van der Waals surface area (Å²) in [5, 5.41) is 8.11. The Kier molecular flexibility index (Phi) is 5.33. The van der Waals surface area contributed by atoms with Gasteiger partial charge < -0.3 is 9.47 Å². The molecule has 0 amide bonds. The summed E-state index contributed by atoms with van der Waals surface area (Å²) < 4.78 is 13.4. The number of methoxy groups -OCH3 is 2. The van der Waals surface area contributed by atoms with Crippen LogP contribution in [0.5, 0.6) is 11.5 Å². The second-order valence-electron chi connectivity index (χ2n) is 7.35. The summed E-state index contributed by atoms with van der Waals surface area (Å²) in [5.74, 6) is 1.24. The molecule has 5 rings (SSSR count). The van der Waals surface area contributed by atoms with Gasteiger partial charge in [-0.05, 0) is 18.2 Å². The van der Waals surface area contributed by atoms with Gasteiger partial charge in [0.05, 0.1) is 42.6 Å². The molecule has 0 spiro atoms. The topological polar surface area (TPSA) is 66.2 Å². The number of nitrogens with zero attached hydrogens (tertiary/aromatic N) is 3. The van der Waals surface area contributed by atoms with Crippen molar-refractivity contribution in [2.45, 2.75) is 13.0 Å². The molecular formula is C25H21N3O3S. The monoisotopic (exact) mass is 443 g/mol. The number of fused-ring (bicyclic) bond motifs is 2. The largest absolute Gasteiger partial charge is 0.493 e. The molecule has 160 valence electrons. The lowest BCUT2D eigenvalue weighted by Gasteiger charge is -2.12. The Balaban J connectivity index is 1.52. The van der Waals surface area contributed by atoms with Gasteiger partial charge >= 0.3 is 0 Å². The van der Waals surface area contributed by atoms with E-state index in [1.165, 1.54) is 16.0 Å². The Hall–Kier alpha value is -3.71. The molecule has 0 fully saturated rings. The van der Waals surface area contributed by atoms with Gasteiger partial charge in [0, 0.05) is 34.0 Å². The van der Waals surface area contributed by atoms with Gasteiger partial charge in [-0.3, -0.25) is 9.78 Å². The van der Waals surface area contributed by atoms with Gasteiger partial charge in [-0.1, -0.05) is 36.4 Å². The third-order valence-electron chi connectivity index (χ3n) is 5.51. The molecule has 5 aromatic rings. The lowest BCUT2D eigenvalue weighted by atomic mass is 10.0. The minimum absolute atomic E-state index is 0.121. The van der Waals surface area contributed by atoms with Crippen molar-refractivity contribution in [3.8, 4) is 22.6 Å². The van der Waals surface area contributed by atoms with Crippen LogP contribution in [0.2, 0.25) is 0 Å². The second-order valence-corrected chi connectivity index (χ2v) is 8.26. The molecule has 32 heavy (non-hydrogen) atoms. The molecule has 0 unspecified atom stereocenters. The first kappa shape index (κ1) is 20.2. The molecule has 3 aromatic heterocycles. The molecule has 2 aromatic carbocycles. The highest BCUT2D eigenvalue weighted by molar-refractivity contribution is 7.17. The first-order valence-corrected chi connectivity index (χ1v) is 11.1. The van der Waals surface area contributed by atoms with Crippen molar-refractivity contribution in [3.63, 3.8) is 0 Å². The standard InChI is InChI=1S/C25H21N3O3S/c1-30-21-9-5-7-18(24(21)31-2)19-15-32-22-14-26-28(25(29)23(19)22)13-12-17-11-10-16-6-3-4-8-20(16)27-17/h3-11,14-15H,12-13H2,1-2H3. The zero-order chi connectivity index (χ0) is 22.1. The van der Waals surface area contributed by atoms with Crippen molar-refractivity contribution in [3.05, 3.63) is 82.2 Å². The number of pyridine rings is 1. The first-order chi connectivity index (χ1) is 15.7. The highest BCUT2D eigenvalue weighted by atomic mass is 32.1. The van der Waals surface area contributed by atoms with E-state index in [1.807, 2.05) is 53.9 Å². The minimum atomic E-state index is -0.121. The summed E-state index contributed by atoms with van der Waals surface area (Å²) in [5.41, 5.74) is 3.41. The van der Waals surface area contributed by atoms with E-state index in [2.05, 4.69) is 11.2 Å². The van der Waals surface area contributed by atoms with Crippen molar-refractivity contribution in [1.29, 1.82) is 0 Å². The van der Waals surface area contributed by atoms with Crippen LogP contribution in [0.15, 0.2) is 71.0 Å². The summed E-state index contributed by atoms with van der Waals surface area (Å²) >= 11 is 1.50. The fourth-order valence-corrected chi connectivity index (χ4v) is 4.83. The number of benzene rings is 2. The van der Waals surface area contributed by atoms with Crippen LogP contribution >= 0.6 is 11.3 Å². The number of rotatable bonds is 6. The molecule has 0 aliphatic rings. The predicted molar refractivity (Wildman–Crippen MR) is 128 cm³/mol. The quantitative estimate of drug-likeness (QED) is 0.372. The molecule has 0 saturated heterocycles. The fourth-order valence-electron chi connectivity index (χ4n) is 3.92. The van der Waals surface area contributed by atoms with Crippen LogP contribution in [0, 0.1) is 0 Å². The van der Waals surface area contributed by atoms with Crippen LogP contribution in [0.3, 0.4) is 0 Å². The first-order valence-electron chi connectivity index (χ1n) is 10.2. The maximum Gasteiger partial charge on any atom is 0.276 e. The molecule has 7 heteroatoms. The zero-order valence-electron chi connectivity index (χ0n) is 17.7. The van der Waals surface area contributed by atoms with Crippen LogP contribution < -0.4 is 15.0 Å². The number of hydrogen-bond acceptors (Lipinski definition) is 6. The molecule has 0 atom stereocenters. The normalized spacial score (nSPS) is 11.2. The van der Waals surface area contributed by atoms with E-state index in [-0.39, 0.29) is 5.56 Å². The molecule has 0 bridgehead atoms. The van der Waals surface area contributed by atoms with Crippen LogP contribution in [-0.4, -0.2) is 29.0 Å². The SMILES string of the molecule is COc1cccc(-c2csc3cnn(CCc4ccc5ccccc5n4)c(=O)c23)c1OC. The second kappa shape index (κ2) is 8.43. The number of hydrogen-bond donors (Lipinski definition) is 0. The van der Waals surface area contributed by atoms with E-state index in [0.717, 1.165) is 32.4 Å². The van der Waals surface area contributed by atoms with E-state index in [0.29, 0.717) is 29.9 Å². The van der Waals surface area contributed by atoms with Crippen molar-refractivity contribution in [1.82, 2.24) is 14.8 Å². The van der Waals surface area contributed by atoms with Gasteiger partial charge in [0.25, 0.3) is 5.56 Å². The van der Waals surface area contributed by atoms with Crippen molar-refractivity contribution >= 4 is 32.3 Å². The summed E-state index contributed by atoms with van der Waals surface area (Å²) in [6.45, 7) is 0.449. The number of aromatic nitrogens is 3. The van der Waals surface area contributed by atoms with Gasteiger partial charge in [0.15, 0.2) is 11.5 Å². The number of ether oxygens (including phenoxy) is 2. The van der Waals surface area contributed by atoms with Crippen LogP contribution in [0.4, 0.5) is 0 Å². The summed E-state index contributed by atoms with van der Waals surface area (Å²) in [6.07, 6.45) is 2.37. The summed E-state index contributed by atoms with van der Waals surface area (Å²) in [6, 6.07) is 17.7. The Morgan fingerprint density at radius 2 is 1.84 bits per heavy atom. The molecular weight excluding hydrogens is 422 g/mol. The van der Waals surface area contributed by atoms with Gasteiger partial charge in [-0.2, -0.15) is 5.10 Å². The third kappa shape index (κ3) is 3.50. The highest BCUT2D eigenvalue weighted by Crippen LogP contribution is 2.41. The summed E-state index contributed by atoms with van der Waals surface area (Å²) in [4.78, 5) is 18.1. The molecule has 0 N–H and O–H groups in total. The van der Waals surface area contributed by atoms with Gasteiger partial charge in [-0.25, -0.2) is 4.68 Å². The van der Waals surface area contributed by atoms with E-state index >= 15 is 0 Å². The predicted octanol–water partition coefficient (Wildman–Crippen LogP) is 4.93. The van der Waals surface area contributed by atoms with E-state index < -0.39 is 0 Å². The lowest BCUT2D eigenvalue weighted by molar-refractivity contribution is 0.356. The van der Waals surface area contributed by atoms with Crippen LogP contribution in [0.1, 0.15) is 5.69 Å². The van der Waals surface area contributed by atoms with Gasteiger partial charge in [0.2, 0.25) is 0 Å². The third-order valence-corrected chi connectivity index (χ3v) is 6.43. The Labute approximate surface area is 188 Å². The number of thiophene rings is 1. The molecule has 6 nitrogen and oxygen atoms in total. The van der Waals surface area contributed by atoms with Crippen LogP contribution in [0.25, 0.3) is 32.1 Å². The van der Waals surface area contributed by atoms with Crippen molar-refractivity contribution in [2.24, 2.45) is 0 Å². The molecule has 0 aliphatic carbocycles. The van der Waals surface area contributed by atoms with Gasteiger partial charge in [0.1, 0.15) is 0 Å². The lowest BCUT2D eigenvalue weighted by Crippen LogP contribution is -2.23. The number of aryl methyl sites for hydroxylation is 2. The van der Waals surface area contributed by atoms with Crippen molar-refractivity contribution < 1.29 is 9.47 Å². The van der Waals surface area contributed by atoms with Crippen molar-refractivity contribution in [2.75, 3.05) is 14.2 Å². The average molecular weight is 444 g/mol. The van der Waals surface area contributed by atoms with E-state index in [1.54, 1.807) is 20.4 Å². The molecule has 0 radical (unpaired) electrons. The Bertz CT molecular complexity index is 1490. The zero-order valence-corrected chi connectivity index (χ0v) is 18.6. The maximum atomic E-state index is 13.4. The summed E-state index contributed by atoms with van der Waals surface area (Å²) in [7, 11) is 3.21. The molecule has 0 saturated carbocycles. The average Bonchev–Trinajstić information content (AvgIpc) is 3.27. The fraction of sp³-hybridized carbons (Fsp3) is 0.160. The van der Waals surface area contributed by atoms with E-state index in [9.17, 15) is 4.79 Å². The highest BCUT2D eigenvalue weighted by Gasteiger charge is 2.18. The Morgan fingerprint density at radius 3 is 2.69 bits per heavy atom.